The minimum absolute atomic E-state index is 0.606. The van der Waals surface area contributed by atoms with E-state index in [1.807, 2.05) is 23.0 Å². The van der Waals surface area contributed by atoms with Crippen LogP contribution in [0.2, 0.25) is 5.02 Å². The van der Waals surface area contributed by atoms with Gasteiger partial charge in [-0.05, 0) is 18.2 Å². The number of fused-ring (bicyclic) bond motifs is 1. The predicted octanol–water partition coefficient (Wildman–Crippen LogP) is 3.22. The van der Waals surface area contributed by atoms with Crippen molar-refractivity contribution in [2.24, 2.45) is 5.92 Å². The first-order valence-electron chi connectivity index (χ1n) is 7.07. The molecule has 1 saturated heterocycles. The fourth-order valence-corrected chi connectivity index (χ4v) is 2.96. The molecule has 0 atom stereocenters. The van der Waals surface area contributed by atoms with Crippen LogP contribution in [0.25, 0.3) is 10.9 Å². The zero-order valence-electron chi connectivity index (χ0n) is 11.5. The number of hydrogen-bond acceptors (Lipinski definition) is 3. The van der Waals surface area contributed by atoms with E-state index in [1.165, 1.54) is 5.39 Å². The van der Waals surface area contributed by atoms with Crippen LogP contribution >= 0.6 is 11.6 Å². The third-order valence-corrected chi connectivity index (χ3v) is 4.11. The summed E-state index contributed by atoms with van der Waals surface area (Å²) in [5.41, 5.74) is 1.05. The molecule has 106 valence electrons. The highest BCUT2D eigenvalue weighted by Crippen LogP contribution is 2.26. The molecule has 1 aliphatic heterocycles. The smallest absolute Gasteiger partial charge is 0.129 e. The van der Waals surface area contributed by atoms with Crippen molar-refractivity contribution < 1.29 is 0 Å². The van der Waals surface area contributed by atoms with Gasteiger partial charge in [0.05, 0.1) is 16.7 Å². The number of benzene rings is 1. The third-order valence-electron chi connectivity index (χ3n) is 3.91. The number of rotatable bonds is 3. The van der Waals surface area contributed by atoms with Crippen molar-refractivity contribution in [3.63, 3.8) is 0 Å². The molecule has 4 nitrogen and oxygen atoms in total. The van der Waals surface area contributed by atoms with Crippen LogP contribution in [0.5, 0.6) is 0 Å². The Balaban J connectivity index is 1.44. The maximum absolute atomic E-state index is 5.88. The molecule has 5 heteroatoms. The predicted molar refractivity (Wildman–Crippen MR) is 84.7 cm³/mol. The van der Waals surface area contributed by atoms with Crippen LogP contribution in [0.3, 0.4) is 0 Å². The molecule has 3 aromatic rings. The Bertz CT molecular complexity index is 777. The molecule has 2 aromatic heterocycles. The Morgan fingerprint density at radius 3 is 2.81 bits per heavy atom. The minimum Gasteiger partial charge on any atom is -0.356 e. The molecule has 21 heavy (non-hydrogen) atoms. The molecule has 0 spiro atoms. The second kappa shape index (κ2) is 5.04. The summed E-state index contributed by atoms with van der Waals surface area (Å²) in [6.07, 6.45) is 3.56. The van der Waals surface area contributed by atoms with Crippen LogP contribution in [-0.2, 0) is 6.54 Å². The molecule has 4 rings (SSSR count). The van der Waals surface area contributed by atoms with E-state index in [9.17, 15) is 0 Å². The van der Waals surface area contributed by atoms with Crippen LogP contribution in [0, 0.1) is 5.92 Å². The van der Waals surface area contributed by atoms with E-state index in [0.29, 0.717) is 10.9 Å². The summed E-state index contributed by atoms with van der Waals surface area (Å²) in [5.74, 6) is 1.66. The first kappa shape index (κ1) is 12.7. The summed E-state index contributed by atoms with van der Waals surface area (Å²) in [7, 11) is 0. The van der Waals surface area contributed by atoms with E-state index in [2.05, 4.69) is 34.3 Å². The zero-order valence-corrected chi connectivity index (χ0v) is 12.2. The second-order valence-corrected chi connectivity index (χ2v) is 5.95. The fraction of sp³-hybridized carbons (Fsp3) is 0.250. The Morgan fingerprint density at radius 1 is 1.14 bits per heavy atom. The summed E-state index contributed by atoms with van der Waals surface area (Å²) in [4.78, 5) is 7.03. The number of pyridine rings is 1. The van der Waals surface area contributed by atoms with Crippen LogP contribution in [0.1, 0.15) is 0 Å². The fourth-order valence-electron chi connectivity index (χ4n) is 2.81. The van der Waals surface area contributed by atoms with Crippen molar-refractivity contribution in [2.45, 2.75) is 6.54 Å². The van der Waals surface area contributed by atoms with Crippen molar-refractivity contribution in [3.05, 3.63) is 53.8 Å². The largest absolute Gasteiger partial charge is 0.356 e. The summed E-state index contributed by atoms with van der Waals surface area (Å²) >= 11 is 5.88. The quantitative estimate of drug-likeness (QED) is 0.744. The van der Waals surface area contributed by atoms with Crippen molar-refractivity contribution >= 4 is 28.3 Å². The Kier molecular flexibility index (Phi) is 3.04. The van der Waals surface area contributed by atoms with Gasteiger partial charge in [0.2, 0.25) is 0 Å². The number of anilines is 1. The Morgan fingerprint density at radius 2 is 2.00 bits per heavy atom. The standard InChI is InChI=1S/C16H15ClN4/c17-14-7-18-21(11-14)10-12-8-20(9-12)16-6-5-13-3-1-2-4-15(13)19-16/h1-7,11-12H,8-10H2. The summed E-state index contributed by atoms with van der Waals surface area (Å²) < 4.78 is 1.91. The lowest BCUT2D eigenvalue weighted by Gasteiger charge is -2.40. The number of halogens is 1. The van der Waals surface area contributed by atoms with Gasteiger partial charge >= 0.3 is 0 Å². The molecule has 0 amide bonds. The molecule has 1 fully saturated rings. The summed E-state index contributed by atoms with van der Waals surface area (Å²) in [6, 6.07) is 12.5. The summed E-state index contributed by atoms with van der Waals surface area (Å²) in [6.45, 7) is 2.95. The maximum Gasteiger partial charge on any atom is 0.129 e. The van der Waals surface area contributed by atoms with Gasteiger partial charge in [-0.15, -0.1) is 0 Å². The van der Waals surface area contributed by atoms with Crippen LogP contribution in [0.15, 0.2) is 48.8 Å². The van der Waals surface area contributed by atoms with Gasteiger partial charge in [-0.2, -0.15) is 5.10 Å². The Labute approximate surface area is 128 Å². The molecule has 0 radical (unpaired) electrons. The van der Waals surface area contributed by atoms with Crippen molar-refractivity contribution in [1.29, 1.82) is 0 Å². The van der Waals surface area contributed by atoms with Crippen LogP contribution in [0.4, 0.5) is 5.82 Å². The van der Waals surface area contributed by atoms with Crippen molar-refractivity contribution in [2.75, 3.05) is 18.0 Å². The molecule has 0 bridgehead atoms. The molecule has 0 aliphatic carbocycles. The van der Waals surface area contributed by atoms with Gasteiger partial charge in [-0.3, -0.25) is 4.68 Å². The average molecular weight is 299 g/mol. The first-order valence-corrected chi connectivity index (χ1v) is 7.44. The lowest BCUT2D eigenvalue weighted by atomic mass is 10.0. The van der Waals surface area contributed by atoms with Gasteiger partial charge in [-0.1, -0.05) is 29.8 Å². The van der Waals surface area contributed by atoms with Gasteiger partial charge < -0.3 is 4.90 Å². The van der Waals surface area contributed by atoms with E-state index in [1.54, 1.807) is 6.20 Å². The minimum atomic E-state index is 0.606. The molecule has 3 heterocycles. The summed E-state index contributed by atoms with van der Waals surface area (Å²) in [5, 5.41) is 6.11. The second-order valence-electron chi connectivity index (χ2n) is 5.51. The molecule has 0 N–H and O–H groups in total. The highest BCUT2D eigenvalue weighted by Gasteiger charge is 2.28. The van der Waals surface area contributed by atoms with Gasteiger partial charge in [-0.25, -0.2) is 4.98 Å². The highest BCUT2D eigenvalue weighted by molar-refractivity contribution is 6.30. The average Bonchev–Trinajstić information content (AvgIpc) is 2.87. The van der Waals surface area contributed by atoms with Crippen molar-refractivity contribution in [3.8, 4) is 0 Å². The maximum atomic E-state index is 5.88. The molecule has 0 unspecified atom stereocenters. The number of nitrogens with zero attached hydrogens (tertiary/aromatic N) is 4. The first-order chi connectivity index (χ1) is 10.3. The normalized spacial score (nSPS) is 15.4. The zero-order chi connectivity index (χ0) is 14.2. The van der Waals surface area contributed by atoms with Crippen LogP contribution in [-0.4, -0.2) is 27.9 Å². The van der Waals surface area contributed by atoms with Gasteiger partial charge in [0.25, 0.3) is 0 Å². The number of para-hydroxylation sites is 1. The lowest BCUT2D eigenvalue weighted by Crippen LogP contribution is -2.49. The Hall–Kier alpha value is -2.07. The van der Waals surface area contributed by atoms with E-state index in [-0.39, 0.29) is 0 Å². The van der Waals surface area contributed by atoms with Gasteiger partial charge in [0, 0.05) is 37.1 Å². The van der Waals surface area contributed by atoms with E-state index in [0.717, 1.165) is 31.0 Å². The third kappa shape index (κ3) is 2.47. The van der Waals surface area contributed by atoms with Crippen LogP contribution < -0.4 is 4.90 Å². The molecular formula is C16H15ClN4. The SMILES string of the molecule is Clc1cnn(CC2CN(c3ccc4ccccc4n3)C2)c1. The monoisotopic (exact) mass is 298 g/mol. The number of aromatic nitrogens is 3. The molecule has 1 aliphatic rings. The topological polar surface area (TPSA) is 34.0 Å². The highest BCUT2D eigenvalue weighted by atomic mass is 35.5. The van der Waals surface area contributed by atoms with Crippen molar-refractivity contribution in [1.82, 2.24) is 14.8 Å². The van der Waals surface area contributed by atoms with E-state index >= 15 is 0 Å². The molecule has 0 saturated carbocycles. The van der Waals surface area contributed by atoms with E-state index in [4.69, 9.17) is 16.6 Å². The van der Waals surface area contributed by atoms with E-state index < -0.39 is 0 Å². The van der Waals surface area contributed by atoms with Gasteiger partial charge in [0.1, 0.15) is 5.82 Å². The lowest BCUT2D eigenvalue weighted by molar-refractivity contribution is 0.340. The molecular weight excluding hydrogens is 284 g/mol. The van der Waals surface area contributed by atoms with Gasteiger partial charge in [0.15, 0.2) is 0 Å². The number of hydrogen-bond donors (Lipinski definition) is 0. The molecule has 1 aromatic carbocycles.